The van der Waals surface area contributed by atoms with Crippen LogP contribution in [0, 0.1) is 6.92 Å². The van der Waals surface area contributed by atoms with E-state index in [2.05, 4.69) is 30.7 Å². The summed E-state index contributed by atoms with van der Waals surface area (Å²) in [6, 6.07) is 15.2. The number of hydrogen-bond acceptors (Lipinski definition) is 6. The SMILES string of the molecule is Cc1nc2ccccn2c1C(=O)Nc1ccc(Nc2cc(N3CCCC3)cnn2)cc1. The van der Waals surface area contributed by atoms with Gasteiger partial charge in [0.05, 0.1) is 17.6 Å². The van der Waals surface area contributed by atoms with E-state index in [1.54, 1.807) is 10.6 Å². The smallest absolute Gasteiger partial charge is 0.274 e. The molecule has 1 aliphatic rings. The molecule has 0 spiro atoms. The summed E-state index contributed by atoms with van der Waals surface area (Å²) in [5.74, 6) is 0.503. The van der Waals surface area contributed by atoms with Crippen LogP contribution < -0.4 is 15.5 Å². The van der Waals surface area contributed by atoms with Gasteiger partial charge in [0.2, 0.25) is 0 Å². The number of aryl methyl sites for hydroxylation is 1. The van der Waals surface area contributed by atoms with Crippen molar-refractivity contribution in [3.63, 3.8) is 0 Å². The highest BCUT2D eigenvalue weighted by Crippen LogP contribution is 2.24. The number of hydrogen-bond donors (Lipinski definition) is 2. The third-order valence-electron chi connectivity index (χ3n) is 5.45. The van der Waals surface area contributed by atoms with Crippen molar-refractivity contribution < 1.29 is 4.79 Å². The van der Waals surface area contributed by atoms with Gasteiger partial charge >= 0.3 is 0 Å². The Morgan fingerprint density at radius 1 is 1.03 bits per heavy atom. The number of anilines is 4. The van der Waals surface area contributed by atoms with Crippen LogP contribution in [0.25, 0.3) is 5.65 Å². The number of amides is 1. The number of carbonyl (C=O) groups is 1. The standard InChI is InChI=1S/C23H23N7O/c1-16-22(30-13-3-2-6-21(30)25-16)23(31)27-18-9-7-17(8-10-18)26-20-14-19(15-24-28-20)29-11-4-5-12-29/h2-3,6-10,13-15H,4-5,11-12H2,1H3,(H,26,28)(H,27,31). The maximum absolute atomic E-state index is 12.8. The third kappa shape index (κ3) is 3.92. The Bertz CT molecular complexity index is 1230. The first-order valence-corrected chi connectivity index (χ1v) is 10.4. The molecule has 4 heterocycles. The molecule has 1 fully saturated rings. The van der Waals surface area contributed by atoms with Crippen LogP contribution in [0.2, 0.25) is 0 Å². The van der Waals surface area contributed by atoms with Crippen LogP contribution >= 0.6 is 0 Å². The van der Waals surface area contributed by atoms with E-state index in [1.165, 1.54) is 12.8 Å². The molecule has 1 aromatic carbocycles. The number of rotatable bonds is 5. The van der Waals surface area contributed by atoms with Gasteiger partial charge in [-0.25, -0.2) is 4.98 Å². The number of pyridine rings is 1. The molecule has 5 rings (SSSR count). The summed E-state index contributed by atoms with van der Waals surface area (Å²) in [7, 11) is 0. The van der Waals surface area contributed by atoms with E-state index in [0.29, 0.717) is 22.9 Å². The van der Waals surface area contributed by atoms with E-state index >= 15 is 0 Å². The number of aromatic nitrogens is 4. The number of carbonyl (C=O) groups excluding carboxylic acids is 1. The molecular weight excluding hydrogens is 390 g/mol. The summed E-state index contributed by atoms with van der Waals surface area (Å²) in [4.78, 5) is 19.6. The molecule has 1 saturated heterocycles. The summed E-state index contributed by atoms with van der Waals surface area (Å²) < 4.78 is 1.80. The summed E-state index contributed by atoms with van der Waals surface area (Å²) in [5, 5.41) is 14.5. The summed E-state index contributed by atoms with van der Waals surface area (Å²) in [5.41, 5.74) is 4.64. The van der Waals surface area contributed by atoms with Crippen molar-refractivity contribution >= 4 is 34.4 Å². The monoisotopic (exact) mass is 413 g/mol. The Labute approximate surface area is 179 Å². The van der Waals surface area contributed by atoms with Gasteiger partial charge in [-0.3, -0.25) is 9.20 Å². The van der Waals surface area contributed by atoms with Crippen LogP contribution in [0.1, 0.15) is 29.0 Å². The van der Waals surface area contributed by atoms with Gasteiger partial charge in [0.15, 0.2) is 5.82 Å². The van der Waals surface area contributed by atoms with Crippen LogP contribution in [0.4, 0.5) is 22.9 Å². The fourth-order valence-corrected chi connectivity index (χ4v) is 3.93. The maximum atomic E-state index is 12.8. The number of fused-ring (bicyclic) bond motifs is 1. The molecule has 31 heavy (non-hydrogen) atoms. The van der Waals surface area contributed by atoms with E-state index in [4.69, 9.17) is 0 Å². The molecule has 0 bridgehead atoms. The molecule has 1 aliphatic heterocycles. The largest absolute Gasteiger partial charge is 0.370 e. The zero-order valence-electron chi connectivity index (χ0n) is 17.2. The van der Waals surface area contributed by atoms with Crippen molar-refractivity contribution in [1.29, 1.82) is 0 Å². The van der Waals surface area contributed by atoms with Crippen LogP contribution in [0.3, 0.4) is 0 Å². The number of nitrogens with zero attached hydrogens (tertiary/aromatic N) is 5. The molecule has 8 nitrogen and oxygen atoms in total. The fraction of sp³-hybridized carbons (Fsp3) is 0.217. The highest BCUT2D eigenvalue weighted by molar-refractivity contribution is 6.04. The zero-order valence-corrected chi connectivity index (χ0v) is 17.2. The molecule has 0 atom stereocenters. The first kappa shape index (κ1) is 19.0. The lowest BCUT2D eigenvalue weighted by Gasteiger charge is -2.17. The molecule has 156 valence electrons. The van der Waals surface area contributed by atoms with E-state index in [0.717, 1.165) is 30.1 Å². The van der Waals surface area contributed by atoms with Crippen LogP contribution in [0.15, 0.2) is 60.9 Å². The average Bonchev–Trinajstić information content (AvgIpc) is 3.42. The Kier molecular flexibility index (Phi) is 4.95. The van der Waals surface area contributed by atoms with Crippen LogP contribution in [-0.4, -0.2) is 38.6 Å². The second-order valence-corrected chi connectivity index (χ2v) is 7.62. The topological polar surface area (TPSA) is 87.5 Å². The molecule has 2 N–H and O–H groups in total. The van der Waals surface area contributed by atoms with Crippen molar-refractivity contribution in [3.05, 3.63) is 72.3 Å². The molecular formula is C23H23N7O. The molecule has 1 amide bonds. The van der Waals surface area contributed by atoms with E-state index in [1.807, 2.05) is 61.7 Å². The zero-order chi connectivity index (χ0) is 21.2. The van der Waals surface area contributed by atoms with Gasteiger partial charge < -0.3 is 15.5 Å². The van der Waals surface area contributed by atoms with Gasteiger partial charge in [0.1, 0.15) is 11.3 Å². The lowest BCUT2D eigenvalue weighted by molar-refractivity contribution is 0.102. The minimum Gasteiger partial charge on any atom is -0.370 e. The third-order valence-corrected chi connectivity index (χ3v) is 5.45. The molecule has 3 aromatic heterocycles. The second kappa shape index (κ2) is 8.06. The Balaban J connectivity index is 1.28. The Morgan fingerprint density at radius 3 is 2.61 bits per heavy atom. The van der Waals surface area contributed by atoms with Crippen molar-refractivity contribution in [3.8, 4) is 0 Å². The lowest BCUT2D eigenvalue weighted by Crippen LogP contribution is -2.18. The highest BCUT2D eigenvalue weighted by atomic mass is 16.2. The van der Waals surface area contributed by atoms with E-state index in [-0.39, 0.29) is 5.91 Å². The molecule has 0 radical (unpaired) electrons. The van der Waals surface area contributed by atoms with Gasteiger partial charge in [-0.15, -0.1) is 5.10 Å². The van der Waals surface area contributed by atoms with Crippen molar-refractivity contribution in [2.45, 2.75) is 19.8 Å². The minimum atomic E-state index is -0.193. The number of nitrogens with one attached hydrogen (secondary N) is 2. The lowest BCUT2D eigenvalue weighted by atomic mass is 10.2. The van der Waals surface area contributed by atoms with Gasteiger partial charge in [0.25, 0.3) is 5.91 Å². The second-order valence-electron chi connectivity index (χ2n) is 7.62. The molecule has 8 heteroatoms. The Hall–Kier alpha value is -3.94. The van der Waals surface area contributed by atoms with Gasteiger partial charge in [-0.05, 0) is 56.2 Å². The first-order chi connectivity index (χ1) is 15.2. The number of imidazole rings is 1. The predicted molar refractivity (Wildman–Crippen MR) is 121 cm³/mol. The molecule has 0 unspecified atom stereocenters. The van der Waals surface area contributed by atoms with Gasteiger partial charge in [0, 0.05) is 36.7 Å². The summed E-state index contributed by atoms with van der Waals surface area (Å²) in [6.45, 7) is 3.96. The van der Waals surface area contributed by atoms with Gasteiger partial charge in [-0.1, -0.05) is 6.07 Å². The van der Waals surface area contributed by atoms with Crippen molar-refractivity contribution in [2.24, 2.45) is 0 Å². The quantitative estimate of drug-likeness (QED) is 0.514. The summed E-state index contributed by atoms with van der Waals surface area (Å²) in [6.07, 6.45) is 6.07. The highest BCUT2D eigenvalue weighted by Gasteiger charge is 2.16. The van der Waals surface area contributed by atoms with Crippen LogP contribution in [-0.2, 0) is 0 Å². The van der Waals surface area contributed by atoms with E-state index < -0.39 is 0 Å². The maximum Gasteiger partial charge on any atom is 0.274 e. The van der Waals surface area contributed by atoms with E-state index in [9.17, 15) is 4.79 Å². The first-order valence-electron chi connectivity index (χ1n) is 10.4. The normalized spacial score (nSPS) is 13.5. The number of benzene rings is 1. The van der Waals surface area contributed by atoms with Crippen molar-refractivity contribution in [2.75, 3.05) is 28.6 Å². The molecule has 0 saturated carbocycles. The van der Waals surface area contributed by atoms with Gasteiger partial charge in [-0.2, -0.15) is 5.10 Å². The fourth-order valence-electron chi connectivity index (χ4n) is 3.93. The predicted octanol–water partition coefficient (Wildman–Crippen LogP) is 4.03. The molecule has 0 aliphatic carbocycles. The summed E-state index contributed by atoms with van der Waals surface area (Å²) >= 11 is 0. The molecule has 4 aromatic rings. The van der Waals surface area contributed by atoms with Crippen LogP contribution in [0.5, 0.6) is 0 Å². The van der Waals surface area contributed by atoms with Crippen molar-refractivity contribution in [1.82, 2.24) is 19.6 Å². The minimum absolute atomic E-state index is 0.193. The Morgan fingerprint density at radius 2 is 1.81 bits per heavy atom. The average molecular weight is 413 g/mol.